The van der Waals surface area contributed by atoms with E-state index in [1.165, 1.54) is 22.2 Å². The molecule has 2 aromatic heterocycles. The number of para-hydroxylation sites is 1. The Balaban J connectivity index is 1.39. The quantitative estimate of drug-likeness (QED) is 0.368. The van der Waals surface area contributed by atoms with E-state index in [0.29, 0.717) is 5.41 Å². The number of hydrogen-bond donors (Lipinski definition) is 1. The lowest BCUT2D eigenvalue weighted by atomic mass is 9.72. The second kappa shape index (κ2) is 7.97. The van der Waals surface area contributed by atoms with E-state index >= 15 is 0 Å². The number of nitrogens with one attached hydrogen (secondary N) is 1. The molecule has 2 aromatic carbocycles. The summed E-state index contributed by atoms with van der Waals surface area (Å²) < 4.78 is 5.90. The Bertz CT molecular complexity index is 1190. The Kier molecular flexibility index (Phi) is 5.14. The molecule has 0 spiro atoms. The molecule has 5 heteroatoms. The van der Waals surface area contributed by atoms with Crippen LogP contribution in [-0.4, -0.2) is 9.97 Å². The lowest BCUT2D eigenvalue weighted by Gasteiger charge is -2.33. The van der Waals surface area contributed by atoms with Gasteiger partial charge in [0.15, 0.2) is 0 Å². The Morgan fingerprint density at radius 3 is 2.45 bits per heavy atom. The molecular weight excluding hydrogens is 402 g/mol. The number of aryl methyl sites for hydroxylation is 1. The molecule has 2 heterocycles. The van der Waals surface area contributed by atoms with Gasteiger partial charge in [0.1, 0.15) is 28.5 Å². The first-order chi connectivity index (χ1) is 15.0. The molecule has 0 amide bonds. The van der Waals surface area contributed by atoms with Crippen LogP contribution in [-0.2, 0) is 12.8 Å². The van der Waals surface area contributed by atoms with Gasteiger partial charge in [0.25, 0.3) is 0 Å². The normalized spacial score (nSPS) is 16.2. The van der Waals surface area contributed by atoms with Gasteiger partial charge in [0.2, 0.25) is 0 Å². The lowest BCUT2D eigenvalue weighted by molar-refractivity contribution is 0.218. The average Bonchev–Trinajstić information content (AvgIpc) is 3.14. The maximum Gasteiger partial charge on any atom is 0.142 e. The van der Waals surface area contributed by atoms with E-state index in [0.717, 1.165) is 46.6 Å². The van der Waals surface area contributed by atoms with E-state index in [2.05, 4.69) is 36.1 Å². The van der Waals surface area contributed by atoms with Gasteiger partial charge < -0.3 is 10.1 Å². The highest BCUT2D eigenvalue weighted by Gasteiger charge is 2.31. The molecule has 1 aliphatic carbocycles. The van der Waals surface area contributed by atoms with Crippen molar-refractivity contribution in [2.45, 2.75) is 40.0 Å². The van der Waals surface area contributed by atoms with Crippen molar-refractivity contribution < 1.29 is 4.74 Å². The van der Waals surface area contributed by atoms with Crippen LogP contribution >= 0.6 is 11.3 Å². The first-order valence-electron chi connectivity index (χ1n) is 10.8. The highest BCUT2D eigenvalue weighted by molar-refractivity contribution is 7.19. The van der Waals surface area contributed by atoms with Crippen molar-refractivity contribution in [1.82, 2.24) is 9.97 Å². The van der Waals surface area contributed by atoms with Crippen molar-refractivity contribution in [2.75, 3.05) is 5.32 Å². The molecule has 0 radical (unpaired) electrons. The minimum absolute atomic E-state index is 0.337. The van der Waals surface area contributed by atoms with Crippen molar-refractivity contribution in [2.24, 2.45) is 11.3 Å². The summed E-state index contributed by atoms with van der Waals surface area (Å²) in [5.74, 6) is 3.26. The van der Waals surface area contributed by atoms with E-state index in [1.807, 2.05) is 65.9 Å². The third kappa shape index (κ3) is 4.15. The van der Waals surface area contributed by atoms with Crippen LogP contribution in [0, 0.1) is 11.3 Å². The zero-order valence-electron chi connectivity index (χ0n) is 18.2. The van der Waals surface area contributed by atoms with Crippen molar-refractivity contribution in [3.8, 4) is 11.5 Å². The Morgan fingerprint density at radius 2 is 1.71 bits per heavy atom. The predicted molar refractivity (Wildman–Crippen MR) is 129 cm³/mol. The number of benzene rings is 2. The number of nitrogens with zero attached hydrogens (tertiary/aromatic N) is 2. The van der Waals surface area contributed by atoms with Gasteiger partial charge in [0.05, 0.1) is 5.39 Å². The molecular formula is C26H27N3OS. The standard InChI is InChI=1S/C26H27N3OS/c1-26(2,3)17-9-14-21-22(15-17)31-25-23(21)24(27-16-28-25)29-18-10-12-20(13-11-18)30-19-7-5-4-6-8-19/h4-8,10-13,16-17H,9,14-15H2,1-3H3,(H,27,28,29). The number of anilines is 2. The maximum atomic E-state index is 5.90. The molecule has 0 fully saturated rings. The van der Waals surface area contributed by atoms with Crippen LogP contribution in [0.25, 0.3) is 10.2 Å². The van der Waals surface area contributed by atoms with Crippen LogP contribution < -0.4 is 10.1 Å². The summed E-state index contributed by atoms with van der Waals surface area (Å²) in [5, 5.41) is 4.71. The van der Waals surface area contributed by atoms with Gasteiger partial charge in [-0.05, 0) is 72.6 Å². The van der Waals surface area contributed by atoms with Gasteiger partial charge in [-0.2, -0.15) is 0 Å². The fourth-order valence-corrected chi connectivity index (χ4v) is 5.58. The van der Waals surface area contributed by atoms with Crippen molar-refractivity contribution >= 4 is 33.1 Å². The van der Waals surface area contributed by atoms with Gasteiger partial charge in [0, 0.05) is 10.6 Å². The highest BCUT2D eigenvalue weighted by Crippen LogP contribution is 2.44. The second-order valence-corrected chi connectivity index (χ2v) is 10.4. The van der Waals surface area contributed by atoms with E-state index in [-0.39, 0.29) is 0 Å². The van der Waals surface area contributed by atoms with Gasteiger partial charge >= 0.3 is 0 Å². The zero-order chi connectivity index (χ0) is 21.4. The summed E-state index contributed by atoms with van der Waals surface area (Å²) >= 11 is 1.84. The van der Waals surface area contributed by atoms with E-state index in [4.69, 9.17) is 4.74 Å². The fourth-order valence-electron chi connectivity index (χ4n) is 4.31. The van der Waals surface area contributed by atoms with Crippen LogP contribution in [0.4, 0.5) is 11.5 Å². The molecule has 0 saturated heterocycles. The molecule has 5 rings (SSSR count). The second-order valence-electron chi connectivity index (χ2n) is 9.28. The monoisotopic (exact) mass is 429 g/mol. The molecule has 158 valence electrons. The van der Waals surface area contributed by atoms with Crippen LogP contribution in [0.5, 0.6) is 11.5 Å². The Hall–Kier alpha value is -2.92. The molecule has 1 N–H and O–H groups in total. The largest absolute Gasteiger partial charge is 0.457 e. The summed E-state index contributed by atoms with van der Waals surface area (Å²) in [6.07, 6.45) is 5.14. The number of ether oxygens (including phenoxy) is 1. The summed E-state index contributed by atoms with van der Waals surface area (Å²) in [4.78, 5) is 11.7. The summed E-state index contributed by atoms with van der Waals surface area (Å²) in [6, 6.07) is 17.8. The van der Waals surface area contributed by atoms with E-state index in [9.17, 15) is 0 Å². The number of rotatable bonds is 4. The number of fused-ring (bicyclic) bond motifs is 3. The fraction of sp³-hybridized carbons (Fsp3) is 0.308. The third-order valence-electron chi connectivity index (χ3n) is 6.17. The molecule has 0 aliphatic heterocycles. The van der Waals surface area contributed by atoms with Crippen molar-refractivity contribution in [1.29, 1.82) is 0 Å². The molecule has 4 nitrogen and oxygen atoms in total. The lowest BCUT2D eigenvalue weighted by Crippen LogP contribution is -2.26. The first-order valence-corrected chi connectivity index (χ1v) is 11.6. The molecule has 0 bridgehead atoms. The molecule has 4 aromatic rings. The summed E-state index contributed by atoms with van der Waals surface area (Å²) in [6.45, 7) is 7.07. The topological polar surface area (TPSA) is 47.0 Å². The van der Waals surface area contributed by atoms with Crippen LogP contribution in [0.2, 0.25) is 0 Å². The molecule has 1 unspecified atom stereocenters. The zero-order valence-corrected chi connectivity index (χ0v) is 19.0. The Labute approximate surface area is 187 Å². The maximum absolute atomic E-state index is 5.90. The van der Waals surface area contributed by atoms with Gasteiger partial charge in [-0.15, -0.1) is 11.3 Å². The van der Waals surface area contributed by atoms with E-state index in [1.54, 1.807) is 6.33 Å². The van der Waals surface area contributed by atoms with Crippen molar-refractivity contribution in [3.05, 3.63) is 71.4 Å². The van der Waals surface area contributed by atoms with E-state index < -0.39 is 0 Å². The molecule has 0 saturated carbocycles. The smallest absolute Gasteiger partial charge is 0.142 e. The summed E-state index contributed by atoms with van der Waals surface area (Å²) in [7, 11) is 0. The van der Waals surface area contributed by atoms with Crippen molar-refractivity contribution in [3.63, 3.8) is 0 Å². The minimum Gasteiger partial charge on any atom is -0.457 e. The minimum atomic E-state index is 0.337. The number of thiophene rings is 1. The van der Waals surface area contributed by atoms with Crippen LogP contribution in [0.3, 0.4) is 0 Å². The SMILES string of the molecule is CC(C)(C)C1CCc2c(sc3ncnc(Nc4ccc(Oc5ccccc5)cc4)c23)C1. The van der Waals surface area contributed by atoms with Crippen LogP contribution in [0.15, 0.2) is 60.9 Å². The van der Waals surface area contributed by atoms with Gasteiger partial charge in [-0.3, -0.25) is 0 Å². The molecule has 31 heavy (non-hydrogen) atoms. The highest BCUT2D eigenvalue weighted by atomic mass is 32.1. The number of aromatic nitrogens is 2. The Morgan fingerprint density at radius 1 is 0.968 bits per heavy atom. The first kappa shape index (κ1) is 20.0. The number of hydrogen-bond acceptors (Lipinski definition) is 5. The molecule has 1 aliphatic rings. The van der Waals surface area contributed by atoms with Gasteiger partial charge in [-0.1, -0.05) is 39.0 Å². The summed E-state index contributed by atoms with van der Waals surface area (Å²) in [5.41, 5.74) is 2.76. The predicted octanol–water partition coefficient (Wildman–Crippen LogP) is 7.38. The van der Waals surface area contributed by atoms with Gasteiger partial charge in [-0.25, -0.2) is 9.97 Å². The third-order valence-corrected chi connectivity index (χ3v) is 7.33. The van der Waals surface area contributed by atoms with Crippen LogP contribution in [0.1, 0.15) is 37.6 Å². The molecule has 1 atom stereocenters. The average molecular weight is 430 g/mol.